The van der Waals surface area contributed by atoms with Gasteiger partial charge in [0, 0.05) is 11.9 Å². The Bertz CT molecular complexity index is 973. The third kappa shape index (κ3) is 2.67. The van der Waals surface area contributed by atoms with Crippen LogP contribution in [0.25, 0.3) is 17.0 Å². The molecule has 0 spiro atoms. The van der Waals surface area contributed by atoms with Gasteiger partial charge in [-0.05, 0) is 24.6 Å². The van der Waals surface area contributed by atoms with E-state index in [1.807, 2.05) is 60.7 Å². The molecule has 0 unspecified atom stereocenters. The standard InChI is InChI=1S/C21H18N2O3/c1-21(18-14-16-11-5-6-12-17(16)26-18)19(24)23(20(25)22-21)13-7-10-15-8-3-2-4-9-15/h2-12,14H,13H2,1H3,(H,22,25)/b10-7+/t21-/m1/s1. The van der Waals surface area contributed by atoms with E-state index in [0.29, 0.717) is 11.3 Å². The van der Waals surface area contributed by atoms with Gasteiger partial charge in [-0.25, -0.2) is 4.79 Å². The summed E-state index contributed by atoms with van der Waals surface area (Å²) >= 11 is 0. The highest BCUT2D eigenvalue weighted by atomic mass is 16.3. The van der Waals surface area contributed by atoms with Crippen molar-refractivity contribution in [3.63, 3.8) is 0 Å². The van der Waals surface area contributed by atoms with Gasteiger partial charge in [0.25, 0.3) is 5.91 Å². The molecule has 2 heterocycles. The van der Waals surface area contributed by atoms with Gasteiger partial charge >= 0.3 is 6.03 Å². The Balaban J connectivity index is 1.57. The summed E-state index contributed by atoms with van der Waals surface area (Å²) in [6, 6.07) is 18.6. The number of furan rings is 1. The lowest BCUT2D eigenvalue weighted by Crippen LogP contribution is -2.40. The first-order valence-corrected chi connectivity index (χ1v) is 8.43. The Hall–Kier alpha value is -3.34. The lowest BCUT2D eigenvalue weighted by molar-refractivity contribution is -0.131. The van der Waals surface area contributed by atoms with Crippen LogP contribution in [-0.2, 0) is 10.3 Å². The number of rotatable bonds is 4. The average molecular weight is 346 g/mol. The van der Waals surface area contributed by atoms with Gasteiger partial charge in [-0.1, -0.05) is 60.7 Å². The van der Waals surface area contributed by atoms with Gasteiger partial charge in [0.2, 0.25) is 0 Å². The largest absolute Gasteiger partial charge is 0.458 e. The Morgan fingerprint density at radius 3 is 2.58 bits per heavy atom. The van der Waals surface area contributed by atoms with E-state index in [2.05, 4.69) is 5.32 Å². The zero-order valence-electron chi connectivity index (χ0n) is 14.3. The molecule has 1 aliphatic heterocycles. The summed E-state index contributed by atoms with van der Waals surface area (Å²) in [4.78, 5) is 26.5. The molecule has 5 nitrogen and oxygen atoms in total. The third-order valence-electron chi connectivity index (χ3n) is 4.59. The molecular formula is C21H18N2O3. The van der Waals surface area contributed by atoms with E-state index in [-0.39, 0.29) is 12.5 Å². The maximum atomic E-state index is 12.9. The lowest BCUT2D eigenvalue weighted by Gasteiger charge is -2.18. The van der Waals surface area contributed by atoms with Crippen LogP contribution in [0.2, 0.25) is 0 Å². The first-order valence-electron chi connectivity index (χ1n) is 8.43. The van der Waals surface area contributed by atoms with E-state index in [4.69, 9.17) is 4.42 Å². The molecule has 5 heteroatoms. The number of para-hydroxylation sites is 1. The summed E-state index contributed by atoms with van der Waals surface area (Å²) in [5.74, 6) is 0.117. The zero-order valence-corrected chi connectivity index (χ0v) is 14.3. The van der Waals surface area contributed by atoms with E-state index in [1.165, 1.54) is 4.90 Å². The number of nitrogens with zero attached hydrogens (tertiary/aromatic N) is 1. The maximum absolute atomic E-state index is 12.9. The number of nitrogens with one attached hydrogen (secondary N) is 1. The highest BCUT2D eigenvalue weighted by Gasteiger charge is 2.50. The highest BCUT2D eigenvalue weighted by Crippen LogP contribution is 2.32. The molecule has 130 valence electrons. The van der Waals surface area contributed by atoms with E-state index < -0.39 is 11.6 Å². The lowest BCUT2D eigenvalue weighted by atomic mass is 9.99. The fourth-order valence-corrected chi connectivity index (χ4v) is 3.12. The number of hydrogen-bond acceptors (Lipinski definition) is 3. The number of amides is 3. The number of imide groups is 1. The van der Waals surface area contributed by atoms with Crippen LogP contribution in [0.1, 0.15) is 18.2 Å². The molecule has 0 aliphatic carbocycles. The van der Waals surface area contributed by atoms with Crippen LogP contribution >= 0.6 is 0 Å². The van der Waals surface area contributed by atoms with Crippen LogP contribution in [0.4, 0.5) is 4.79 Å². The van der Waals surface area contributed by atoms with Crippen molar-refractivity contribution in [3.8, 4) is 0 Å². The van der Waals surface area contributed by atoms with Gasteiger partial charge in [-0.3, -0.25) is 9.69 Å². The van der Waals surface area contributed by atoms with Gasteiger partial charge in [0.05, 0.1) is 0 Å². The summed E-state index contributed by atoms with van der Waals surface area (Å²) in [6.07, 6.45) is 3.69. The van der Waals surface area contributed by atoms with E-state index >= 15 is 0 Å². The minimum Gasteiger partial charge on any atom is -0.458 e. The van der Waals surface area contributed by atoms with Gasteiger partial charge in [0.1, 0.15) is 11.3 Å². The van der Waals surface area contributed by atoms with Crippen molar-refractivity contribution in [2.45, 2.75) is 12.5 Å². The molecule has 1 saturated heterocycles. The summed E-state index contributed by atoms with van der Waals surface area (Å²) < 4.78 is 5.82. The van der Waals surface area contributed by atoms with Gasteiger partial charge in [-0.2, -0.15) is 0 Å². The summed E-state index contributed by atoms with van der Waals surface area (Å²) in [5, 5.41) is 3.66. The first-order chi connectivity index (χ1) is 12.6. The SMILES string of the molecule is C[C@]1(c2cc3ccccc3o2)NC(=O)N(C/C=C/c2ccccc2)C1=O. The van der Waals surface area contributed by atoms with Crippen molar-refractivity contribution in [2.75, 3.05) is 6.54 Å². The van der Waals surface area contributed by atoms with Crippen LogP contribution in [-0.4, -0.2) is 23.4 Å². The predicted octanol–water partition coefficient (Wildman–Crippen LogP) is 3.91. The fraction of sp³-hybridized carbons (Fsp3) is 0.143. The van der Waals surface area contributed by atoms with E-state index in [1.54, 1.807) is 19.1 Å². The highest BCUT2D eigenvalue weighted by molar-refractivity contribution is 6.07. The summed E-state index contributed by atoms with van der Waals surface area (Å²) in [7, 11) is 0. The number of carbonyl (C=O) groups excluding carboxylic acids is 2. The molecule has 3 aromatic rings. The van der Waals surface area contributed by atoms with Crippen LogP contribution < -0.4 is 5.32 Å². The zero-order chi connectivity index (χ0) is 18.1. The van der Waals surface area contributed by atoms with Crippen molar-refractivity contribution in [2.24, 2.45) is 0 Å². The number of fused-ring (bicyclic) bond motifs is 1. The molecule has 0 bridgehead atoms. The third-order valence-corrected chi connectivity index (χ3v) is 4.59. The normalized spacial score (nSPS) is 20.3. The van der Waals surface area contributed by atoms with Crippen molar-refractivity contribution in [1.29, 1.82) is 0 Å². The van der Waals surface area contributed by atoms with Crippen LogP contribution in [0.15, 0.2) is 71.2 Å². The molecule has 1 N–H and O–H groups in total. The summed E-state index contributed by atoms with van der Waals surface area (Å²) in [5.41, 5.74) is 0.504. The number of carbonyl (C=O) groups is 2. The second-order valence-corrected chi connectivity index (χ2v) is 6.43. The molecule has 26 heavy (non-hydrogen) atoms. The monoisotopic (exact) mass is 346 g/mol. The minimum absolute atomic E-state index is 0.204. The minimum atomic E-state index is -1.20. The quantitative estimate of drug-likeness (QED) is 0.729. The van der Waals surface area contributed by atoms with Gasteiger partial charge in [-0.15, -0.1) is 0 Å². The molecular weight excluding hydrogens is 328 g/mol. The van der Waals surface area contributed by atoms with E-state index in [0.717, 1.165) is 10.9 Å². The Labute approximate surface area is 150 Å². The molecule has 0 saturated carbocycles. The van der Waals surface area contributed by atoms with Crippen molar-refractivity contribution < 1.29 is 14.0 Å². The van der Waals surface area contributed by atoms with Crippen molar-refractivity contribution in [1.82, 2.24) is 10.2 Å². The van der Waals surface area contributed by atoms with Crippen molar-refractivity contribution in [3.05, 3.63) is 78.1 Å². The van der Waals surface area contributed by atoms with Crippen LogP contribution in [0.5, 0.6) is 0 Å². The molecule has 2 aromatic carbocycles. The number of benzene rings is 2. The van der Waals surface area contributed by atoms with Gasteiger partial charge in [0.15, 0.2) is 5.54 Å². The Kier molecular flexibility index (Phi) is 3.84. The number of urea groups is 1. The topological polar surface area (TPSA) is 62.6 Å². The molecule has 1 aromatic heterocycles. The summed E-state index contributed by atoms with van der Waals surface area (Å²) in [6.45, 7) is 1.88. The second-order valence-electron chi connectivity index (χ2n) is 6.43. The van der Waals surface area contributed by atoms with Crippen LogP contribution in [0.3, 0.4) is 0 Å². The number of hydrogen-bond donors (Lipinski definition) is 1. The Morgan fingerprint density at radius 1 is 1.08 bits per heavy atom. The van der Waals surface area contributed by atoms with E-state index in [9.17, 15) is 9.59 Å². The predicted molar refractivity (Wildman–Crippen MR) is 99.3 cm³/mol. The molecule has 0 radical (unpaired) electrons. The second kappa shape index (κ2) is 6.19. The molecule has 4 rings (SSSR count). The maximum Gasteiger partial charge on any atom is 0.325 e. The smallest absolute Gasteiger partial charge is 0.325 e. The first kappa shape index (κ1) is 16.1. The molecule has 1 fully saturated rings. The van der Waals surface area contributed by atoms with Gasteiger partial charge < -0.3 is 9.73 Å². The molecule has 3 amide bonds. The average Bonchev–Trinajstić information content (AvgIpc) is 3.18. The molecule has 1 aliphatic rings. The Morgan fingerprint density at radius 2 is 1.81 bits per heavy atom. The molecule has 1 atom stereocenters. The fourth-order valence-electron chi connectivity index (χ4n) is 3.12. The van der Waals surface area contributed by atoms with Crippen LogP contribution in [0, 0.1) is 0 Å². The van der Waals surface area contributed by atoms with Crippen molar-refractivity contribution >= 4 is 29.0 Å².